The van der Waals surface area contributed by atoms with E-state index >= 15 is 0 Å². The van der Waals surface area contributed by atoms with Gasteiger partial charge in [0.15, 0.2) is 0 Å². The minimum atomic E-state index is -0.771. The summed E-state index contributed by atoms with van der Waals surface area (Å²) in [6, 6.07) is 3.96. The van der Waals surface area contributed by atoms with Gasteiger partial charge in [0, 0.05) is 17.8 Å². The molecule has 8 heteroatoms. The molecule has 0 bridgehead atoms. The second kappa shape index (κ2) is 7.51. The van der Waals surface area contributed by atoms with Gasteiger partial charge in [-0.2, -0.15) is 0 Å². The van der Waals surface area contributed by atoms with Crippen LogP contribution in [0.5, 0.6) is 0 Å². The normalized spacial score (nSPS) is 13.3. The number of non-ortho nitro benzene ring substituents is 1. The number of benzene rings is 1. The molecule has 8 nitrogen and oxygen atoms in total. The molecule has 0 radical (unpaired) electrons. The van der Waals surface area contributed by atoms with Crippen molar-refractivity contribution in [3.8, 4) is 0 Å². The summed E-state index contributed by atoms with van der Waals surface area (Å²) in [5.41, 5.74) is 6.04. The van der Waals surface area contributed by atoms with E-state index in [2.05, 4.69) is 10.6 Å². The molecule has 4 N–H and O–H groups in total. The first-order valence-corrected chi connectivity index (χ1v) is 6.83. The van der Waals surface area contributed by atoms with Crippen LogP contribution >= 0.6 is 0 Å². The first-order valence-electron chi connectivity index (χ1n) is 6.83. The van der Waals surface area contributed by atoms with Crippen molar-refractivity contribution in [3.05, 3.63) is 34.4 Å². The molecule has 1 aromatic rings. The number of hydrogen-bond acceptors (Lipinski definition) is 5. The molecular weight excluding hydrogens is 288 g/mol. The summed E-state index contributed by atoms with van der Waals surface area (Å²) in [7, 11) is 0. The Morgan fingerprint density at radius 3 is 2.14 bits per heavy atom. The quantitative estimate of drug-likeness (QED) is 0.534. The number of nitrogens with zero attached hydrogens (tertiary/aromatic N) is 1. The third-order valence-electron chi connectivity index (χ3n) is 3.12. The van der Waals surface area contributed by atoms with Gasteiger partial charge < -0.3 is 16.4 Å². The predicted octanol–water partition coefficient (Wildman–Crippen LogP) is 1.02. The molecule has 0 aliphatic rings. The molecule has 2 atom stereocenters. The maximum atomic E-state index is 12.0. The van der Waals surface area contributed by atoms with Crippen LogP contribution in [0.2, 0.25) is 0 Å². The topological polar surface area (TPSA) is 127 Å². The summed E-state index contributed by atoms with van der Waals surface area (Å²) in [6.45, 7) is 5.16. The number of carbonyl (C=O) groups excluding carboxylic acids is 2. The zero-order valence-electron chi connectivity index (χ0n) is 12.7. The molecule has 0 aliphatic heterocycles. The molecule has 1 rings (SSSR count). The standard InChI is InChI=1S/C14H20N4O4/c1-8(2)12(15)14(20)16-9(3)13(19)17-10-4-6-11(7-5-10)18(21)22/h4-9,12H,15H2,1-3H3,(H,16,20)(H,17,19). The van der Waals surface area contributed by atoms with Crippen molar-refractivity contribution >= 4 is 23.2 Å². The summed E-state index contributed by atoms with van der Waals surface area (Å²) < 4.78 is 0. The minimum Gasteiger partial charge on any atom is -0.343 e. The van der Waals surface area contributed by atoms with Gasteiger partial charge >= 0.3 is 0 Å². The highest BCUT2D eigenvalue weighted by Gasteiger charge is 2.22. The number of nitrogens with two attached hydrogens (primary N) is 1. The lowest BCUT2D eigenvalue weighted by molar-refractivity contribution is -0.384. The second-order valence-corrected chi connectivity index (χ2v) is 5.29. The number of nitro groups is 1. The van der Waals surface area contributed by atoms with Crippen LogP contribution in [-0.2, 0) is 9.59 Å². The van der Waals surface area contributed by atoms with E-state index in [1.54, 1.807) is 0 Å². The average molecular weight is 308 g/mol. The molecule has 120 valence electrons. The van der Waals surface area contributed by atoms with Crippen LogP contribution in [0.4, 0.5) is 11.4 Å². The molecule has 0 fully saturated rings. The van der Waals surface area contributed by atoms with Gasteiger partial charge in [-0.25, -0.2) is 0 Å². The Morgan fingerprint density at radius 1 is 1.14 bits per heavy atom. The van der Waals surface area contributed by atoms with Gasteiger partial charge in [-0.15, -0.1) is 0 Å². The molecular formula is C14H20N4O4. The lowest BCUT2D eigenvalue weighted by atomic mass is 10.0. The van der Waals surface area contributed by atoms with E-state index in [0.717, 1.165) is 0 Å². The van der Waals surface area contributed by atoms with Crippen LogP contribution in [0, 0.1) is 16.0 Å². The van der Waals surface area contributed by atoms with Gasteiger partial charge in [-0.3, -0.25) is 19.7 Å². The SMILES string of the molecule is CC(NC(=O)C(N)C(C)C)C(=O)Nc1ccc([N+](=O)[O-])cc1. The van der Waals surface area contributed by atoms with Gasteiger partial charge in [0.2, 0.25) is 11.8 Å². The summed E-state index contributed by atoms with van der Waals surface area (Å²) in [5.74, 6) is -0.871. The van der Waals surface area contributed by atoms with Crippen molar-refractivity contribution in [2.24, 2.45) is 11.7 Å². The smallest absolute Gasteiger partial charge is 0.269 e. The van der Waals surface area contributed by atoms with Gasteiger partial charge in [0.05, 0.1) is 11.0 Å². The van der Waals surface area contributed by atoms with Crippen LogP contribution < -0.4 is 16.4 Å². The number of nitro benzene ring substituents is 1. The Hall–Kier alpha value is -2.48. The summed E-state index contributed by atoms with van der Waals surface area (Å²) in [4.78, 5) is 33.8. The third-order valence-corrected chi connectivity index (χ3v) is 3.12. The van der Waals surface area contributed by atoms with Gasteiger partial charge in [0.1, 0.15) is 6.04 Å². The van der Waals surface area contributed by atoms with E-state index in [4.69, 9.17) is 5.73 Å². The van der Waals surface area contributed by atoms with Crippen molar-refractivity contribution in [1.82, 2.24) is 5.32 Å². The third kappa shape index (κ3) is 4.81. The molecule has 22 heavy (non-hydrogen) atoms. The van der Waals surface area contributed by atoms with Gasteiger partial charge in [-0.1, -0.05) is 13.8 Å². The lowest BCUT2D eigenvalue weighted by Crippen LogP contribution is -2.50. The van der Waals surface area contributed by atoms with Crippen LogP contribution in [0.1, 0.15) is 20.8 Å². The molecule has 0 aliphatic carbocycles. The highest BCUT2D eigenvalue weighted by Crippen LogP contribution is 2.15. The fourth-order valence-electron chi connectivity index (χ4n) is 1.59. The number of hydrogen-bond donors (Lipinski definition) is 3. The van der Waals surface area contributed by atoms with E-state index in [9.17, 15) is 19.7 Å². The van der Waals surface area contributed by atoms with Crippen molar-refractivity contribution < 1.29 is 14.5 Å². The molecule has 0 saturated heterocycles. The maximum Gasteiger partial charge on any atom is 0.269 e. The fourth-order valence-corrected chi connectivity index (χ4v) is 1.59. The number of rotatable bonds is 6. The first kappa shape index (κ1) is 17.6. The Bertz CT molecular complexity index is 556. The Labute approximate surface area is 128 Å². The van der Waals surface area contributed by atoms with E-state index in [0.29, 0.717) is 5.69 Å². The van der Waals surface area contributed by atoms with Crippen LogP contribution in [-0.4, -0.2) is 28.8 Å². The van der Waals surface area contributed by atoms with Crippen molar-refractivity contribution in [2.45, 2.75) is 32.9 Å². The number of nitrogens with one attached hydrogen (secondary N) is 2. The van der Waals surface area contributed by atoms with E-state index < -0.39 is 28.8 Å². The maximum absolute atomic E-state index is 12.0. The highest BCUT2D eigenvalue weighted by atomic mass is 16.6. The van der Waals surface area contributed by atoms with Crippen LogP contribution in [0.15, 0.2) is 24.3 Å². The number of carbonyl (C=O) groups is 2. The summed E-state index contributed by atoms with van der Waals surface area (Å²) >= 11 is 0. The summed E-state index contributed by atoms with van der Waals surface area (Å²) in [5, 5.41) is 15.6. The predicted molar refractivity (Wildman–Crippen MR) is 82.1 cm³/mol. The number of amides is 2. The van der Waals surface area contributed by atoms with E-state index in [1.807, 2.05) is 13.8 Å². The van der Waals surface area contributed by atoms with E-state index in [-0.39, 0.29) is 11.6 Å². The summed E-state index contributed by atoms with van der Waals surface area (Å²) in [6.07, 6.45) is 0. The molecule has 0 saturated carbocycles. The Balaban J connectivity index is 2.60. The largest absolute Gasteiger partial charge is 0.343 e. The van der Waals surface area contributed by atoms with Crippen LogP contribution in [0.25, 0.3) is 0 Å². The molecule has 1 aromatic carbocycles. The zero-order valence-corrected chi connectivity index (χ0v) is 12.7. The van der Waals surface area contributed by atoms with Gasteiger partial charge in [0.25, 0.3) is 5.69 Å². The Kier molecular flexibility index (Phi) is 6.00. The van der Waals surface area contributed by atoms with Crippen LogP contribution in [0.3, 0.4) is 0 Å². The van der Waals surface area contributed by atoms with Crippen molar-refractivity contribution in [3.63, 3.8) is 0 Å². The molecule has 0 heterocycles. The average Bonchev–Trinajstić information content (AvgIpc) is 2.46. The molecule has 2 unspecified atom stereocenters. The number of anilines is 1. The second-order valence-electron chi connectivity index (χ2n) is 5.29. The van der Waals surface area contributed by atoms with Crippen molar-refractivity contribution in [2.75, 3.05) is 5.32 Å². The zero-order chi connectivity index (χ0) is 16.9. The van der Waals surface area contributed by atoms with E-state index in [1.165, 1.54) is 31.2 Å². The van der Waals surface area contributed by atoms with Crippen molar-refractivity contribution in [1.29, 1.82) is 0 Å². The lowest BCUT2D eigenvalue weighted by Gasteiger charge is -2.19. The fraction of sp³-hybridized carbons (Fsp3) is 0.429. The van der Waals surface area contributed by atoms with Gasteiger partial charge in [-0.05, 0) is 25.0 Å². The minimum absolute atomic E-state index is 0.0371. The molecule has 0 aromatic heterocycles. The Morgan fingerprint density at radius 2 is 1.68 bits per heavy atom. The first-order chi connectivity index (χ1) is 10.2. The monoisotopic (exact) mass is 308 g/mol. The molecule has 0 spiro atoms. The highest BCUT2D eigenvalue weighted by molar-refractivity contribution is 5.97. The molecule has 2 amide bonds.